The van der Waals surface area contributed by atoms with Crippen molar-refractivity contribution in [2.24, 2.45) is 11.8 Å². The van der Waals surface area contributed by atoms with Crippen LogP contribution in [0.4, 0.5) is 0 Å². The molecule has 576 valence electrons. The Hall–Kier alpha value is -1.94. The lowest BCUT2D eigenvalue weighted by molar-refractivity contribution is -0.161. The van der Waals surface area contributed by atoms with Crippen LogP contribution in [0.1, 0.15) is 408 Å². The summed E-state index contributed by atoms with van der Waals surface area (Å²) in [6.45, 7) is 9.58. The van der Waals surface area contributed by atoms with Crippen LogP contribution < -0.4 is 0 Å². The SMILES string of the molecule is CCCCCCCCCCCCCCCCCCCCC(=O)O[C@H](COC(=O)CCCCCCCCCCCCCCC(C)C)COP(=O)(O)OC[C@@H](O)COP(=O)(O)OC[C@@H](COC(=O)CCCCCCCCCC(C)C)OC(=O)CCCCCCCCCCCCCCCC. The van der Waals surface area contributed by atoms with Crippen LogP contribution in [0.15, 0.2) is 0 Å². The molecule has 0 aromatic carbocycles. The molecule has 0 rings (SSSR count). The van der Waals surface area contributed by atoms with E-state index >= 15 is 0 Å². The summed E-state index contributed by atoms with van der Waals surface area (Å²) in [5, 5.41) is 10.6. The first-order chi connectivity index (χ1) is 46.9. The van der Waals surface area contributed by atoms with E-state index in [4.69, 9.17) is 37.0 Å². The van der Waals surface area contributed by atoms with E-state index in [9.17, 15) is 43.2 Å². The molecule has 2 unspecified atom stereocenters. The van der Waals surface area contributed by atoms with E-state index < -0.39 is 97.5 Å². The number of aliphatic hydroxyl groups is 1. The van der Waals surface area contributed by atoms with Crippen LogP contribution >= 0.6 is 15.6 Å². The number of carbonyl (C=O) groups excluding carboxylic acids is 4. The largest absolute Gasteiger partial charge is 0.472 e. The molecule has 97 heavy (non-hydrogen) atoms. The van der Waals surface area contributed by atoms with Gasteiger partial charge in [0.2, 0.25) is 0 Å². The third kappa shape index (κ3) is 72.2. The molecule has 0 spiro atoms. The molecule has 0 aliphatic carbocycles. The zero-order valence-corrected chi connectivity index (χ0v) is 65.2. The monoisotopic (exact) mass is 1420 g/mol. The standard InChI is InChI=1S/C78H152O17P2/c1-7-9-11-13-15-17-19-21-23-24-25-26-28-34-38-44-51-57-63-77(82)94-73(66-88-75(80)60-54-48-42-36-32-30-29-31-35-40-46-52-58-70(3)4)68-92-96(84,85)90-64-72(79)65-91-97(86,87)93-69-74(67-89-76(81)61-55-49-45-39-41-47-53-59-71(5)6)95-78(83)62-56-50-43-37-33-27-22-20-18-16-14-12-10-8-2/h70-74,79H,7-69H2,1-6H3,(H,84,85)(H,86,87)/t72-,73-,74-/m1/s1. The summed E-state index contributed by atoms with van der Waals surface area (Å²) >= 11 is 0. The highest BCUT2D eigenvalue weighted by molar-refractivity contribution is 7.47. The number of hydrogen-bond acceptors (Lipinski definition) is 15. The van der Waals surface area contributed by atoms with Crippen molar-refractivity contribution in [2.75, 3.05) is 39.6 Å². The average molecular weight is 1420 g/mol. The number of aliphatic hydroxyl groups excluding tert-OH is 1. The topological polar surface area (TPSA) is 237 Å². The van der Waals surface area contributed by atoms with Gasteiger partial charge >= 0.3 is 39.5 Å². The third-order valence-corrected chi connectivity index (χ3v) is 20.1. The van der Waals surface area contributed by atoms with Crippen LogP contribution in [-0.2, 0) is 65.4 Å². The van der Waals surface area contributed by atoms with Crippen molar-refractivity contribution in [1.29, 1.82) is 0 Å². The summed E-state index contributed by atoms with van der Waals surface area (Å²) in [6, 6.07) is 0. The Morgan fingerprint density at radius 2 is 0.474 bits per heavy atom. The molecule has 5 atom stereocenters. The highest BCUT2D eigenvalue weighted by atomic mass is 31.2. The second-order valence-electron chi connectivity index (χ2n) is 29.1. The van der Waals surface area contributed by atoms with Crippen molar-refractivity contribution in [3.05, 3.63) is 0 Å². The maximum Gasteiger partial charge on any atom is 0.472 e. The van der Waals surface area contributed by atoms with Gasteiger partial charge in [0, 0.05) is 25.7 Å². The summed E-state index contributed by atoms with van der Waals surface area (Å²) in [7, 11) is -9.91. The van der Waals surface area contributed by atoms with E-state index in [0.29, 0.717) is 31.6 Å². The number of rotatable bonds is 77. The van der Waals surface area contributed by atoms with Crippen molar-refractivity contribution in [2.45, 2.75) is 426 Å². The molecule has 0 radical (unpaired) electrons. The van der Waals surface area contributed by atoms with Crippen molar-refractivity contribution in [3.8, 4) is 0 Å². The first kappa shape index (κ1) is 95.1. The Kier molecular flexibility index (Phi) is 68.4. The van der Waals surface area contributed by atoms with Gasteiger partial charge in [0.15, 0.2) is 12.2 Å². The lowest BCUT2D eigenvalue weighted by Crippen LogP contribution is -2.30. The van der Waals surface area contributed by atoms with E-state index in [1.165, 1.54) is 218 Å². The van der Waals surface area contributed by atoms with Crippen LogP contribution in [0.2, 0.25) is 0 Å². The smallest absolute Gasteiger partial charge is 0.462 e. The molecule has 0 heterocycles. The Morgan fingerprint density at radius 3 is 0.701 bits per heavy atom. The van der Waals surface area contributed by atoms with E-state index in [1.807, 2.05) is 0 Å². The molecule has 17 nitrogen and oxygen atoms in total. The fourth-order valence-corrected chi connectivity index (χ4v) is 13.6. The summed E-state index contributed by atoms with van der Waals surface area (Å²) in [4.78, 5) is 72.9. The second kappa shape index (κ2) is 69.8. The quantitative estimate of drug-likeness (QED) is 0.0222. The fourth-order valence-electron chi connectivity index (χ4n) is 12.0. The van der Waals surface area contributed by atoms with Crippen LogP contribution in [-0.4, -0.2) is 96.7 Å². The summed E-state index contributed by atoms with van der Waals surface area (Å²) < 4.78 is 68.6. The van der Waals surface area contributed by atoms with Crippen molar-refractivity contribution >= 4 is 39.5 Å². The average Bonchev–Trinajstić information content (AvgIpc) is 1.48. The molecule has 0 aliphatic rings. The van der Waals surface area contributed by atoms with Crippen LogP contribution in [0.5, 0.6) is 0 Å². The van der Waals surface area contributed by atoms with Gasteiger partial charge in [-0.05, 0) is 37.5 Å². The number of phosphoric ester groups is 2. The van der Waals surface area contributed by atoms with Crippen LogP contribution in [0.25, 0.3) is 0 Å². The molecule has 0 aliphatic heterocycles. The first-order valence-corrected chi connectivity index (χ1v) is 43.5. The van der Waals surface area contributed by atoms with Gasteiger partial charge in [0.1, 0.15) is 19.3 Å². The normalized spacial score (nSPS) is 14.0. The highest BCUT2D eigenvalue weighted by Gasteiger charge is 2.30. The number of carbonyl (C=O) groups is 4. The minimum atomic E-state index is -4.96. The molecule has 0 fully saturated rings. The van der Waals surface area contributed by atoms with Gasteiger partial charge in [-0.2, -0.15) is 0 Å². The second-order valence-corrected chi connectivity index (χ2v) is 32.0. The summed E-state index contributed by atoms with van der Waals surface area (Å²) in [5.74, 6) is -0.625. The fraction of sp³-hybridized carbons (Fsp3) is 0.949. The zero-order valence-electron chi connectivity index (χ0n) is 63.4. The van der Waals surface area contributed by atoms with Crippen molar-refractivity contribution in [1.82, 2.24) is 0 Å². The Morgan fingerprint density at radius 1 is 0.278 bits per heavy atom. The molecule has 0 bridgehead atoms. The number of esters is 4. The number of hydrogen-bond donors (Lipinski definition) is 3. The van der Waals surface area contributed by atoms with Crippen molar-refractivity contribution in [3.63, 3.8) is 0 Å². The van der Waals surface area contributed by atoms with Crippen LogP contribution in [0, 0.1) is 11.8 Å². The third-order valence-electron chi connectivity index (χ3n) is 18.2. The van der Waals surface area contributed by atoms with E-state index in [0.717, 1.165) is 102 Å². The molecule has 0 aromatic heterocycles. The number of ether oxygens (including phenoxy) is 4. The van der Waals surface area contributed by atoms with Gasteiger partial charge < -0.3 is 33.8 Å². The maximum absolute atomic E-state index is 13.1. The van der Waals surface area contributed by atoms with Crippen molar-refractivity contribution < 1.29 is 80.2 Å². The Balaban J connectivity index is 5.24. The molecule has 0 aromatic rings. The molecule has 3 N–H and O–H groups in total. The summed E-state index contributed by atoms with van der Waals surface area (Å²) in [6.07, 6.45) is 58.3. The van der Waals surface area contributed by atoms with Gasteiger partial charge in [-0.25, -0.2) is 9.13 Å². The van der Waals surface area contributed by atoms with E-state index in [1.54, 1.807) is 0 Å². The minimum Gasteiger partial charge on any atom is -0.462 e. The van der Waals surface area contributed by atoms with Gasteiger partial charge in [0.05, 0.1) is 26.4 Å². The van der Waals surface area contributed by atoms with Gasteiger partial charge in [-0.3, -0.25) is 37.3 Å². The Labute approximate surface area is 594 Å². The molecular weight excluding hydrogens is 1270 g/mol. The molecule has 0 amide bonds. The lowest BCUT2D eigenvalue weighted by Gasteiger charge is -2.21. The molecule has 19 heteroatoms. The number of unbranched alkanes of at least 4 members (excludes halogenated alkanes) is 47. The molecular formula is C78H152O17P2. The number of phosphoric acid groups is 2. The van der Waals surface area contributed by atoms with E-state index in [2.05, 4.69) is 41.5 Å². The van der Waals surface area contributed by atoms with Gasteiger partial charge in [0.25, 0.3) is 0 Å². The summed E-state index contributed by atoms with van der Waals surface area (Å²) in [5.41, 5.74) is 0. The minimum absolute atomic E-state index is 0.107. The Bertz CT molecular complexity index is 1870. The lowest BCUT2D eigenvalue weighted by atomic mass is 10.0. The molecule has 0 saturated carbocycles. The predicted molar refractivity (Wildman–Crippen MR) is 395 cm³/mol. The van der Waals surface area contributed by atoms with Gasteiger partial charge in [-0.15, -0.1) is 0 Å². The predicted octanol–water partition coefficient (Wildman–Crippen LogP) is 23.1. The highest BCUT2D eigenvalue weighted by Crippen LogP contribution is 2.45. The van der Waals surface area contributed by atoms with Gasteiger partial charge in [-0.1, -0.05) is 356 Å². The molecule has 0 saturated heterocycles. The van der Waals surface area contributed by atoms with E-state index in [-0.39, 0.29) is 25.7 Å². The zero-order chi connectivity index (χ0) is 71.4. The maximum atomic E-state index is 13.1. The first-order valence-electron chi connectivity index (χ1n) is 40.5. The van der Waals surface area contributed by atoms with Crippen LogP contribution in [0.3, 0.4) is 0 Å².